The smallest absolute Gasteiger partial charge is 0.325 e. The molecular formula is C33H46N2O6SSi. The third-order valence-corrected chi connectivity index (χ3v) is 16.2. The van der Waals surface area contributed by atoms with E-state index in [4.69, 9.17) is 14.3 Å². The average Bonchev–Trinajstić information content (AvgIpc) is 3.26. The van der Waals surface area contributed by atoms with Crippen LogP contribution in [0.4, 0.5) is 0 Å². The Hall–Kier alpha value is -2.69. The standard InChI is InChI=1S/C33H46N2O6SSi/c1-32(2,3)43(5,6)41-23-10-14-25-22(19-23)9-13-27-26(25)17-18-33(4)28(27)15-16-29(33)40-30(36)20-35-31(37)21-7-11-24(12-8-21)42(34,38)39/h7-8,10-12,14,19,26-29H,9,13,15-18,20H2,1-6H3,(H,35,37)(H2,34,38,39)/t26?,27?,28?,29-,33-/m0/s1. The maximum absolute atomic E-state index is 12.8. The van der Waals surface area contributed by atoms with Crippen molar-refractivity contribution in [2.45, 2.75) is 101 Å². The van der Waals surface area contributed by atoms with Crippen LogP contribution in [-0.4, -0.2) is 41.3 Å². The number of carbonyl (C=O) groups is 2. The van der Waals surface area contributed by atoms with Gasteiger partial charge in [-0.1, -0.05) is 33.8 Å². The molecule has 0 saturated heterocycles. The normalized spacial score (nSPS) is 27.0. The Morgan fingerprint density at radius 1 is 1.05 bits per heavy atom. The zero-order chi connectivity index (χ0) is 31.4. The van der Waals surface area contributed by atoms with E-state index in [1.54, 1.807) is 0 Å². The number of hydrogen-bond acceptors (Lipinski definition) is 6. The van der Waals surface area contributed by atoms with E-state index >= 15 is 0 Å². The first kappa shape index (κ1) is 31.7. The number of amides is 1. The summed E-state index contributed by atoms with van der Waals surface area (Å²) in [4.78, 5) is 25.3. The predicted octanol–water partition coefficient (Wildman–Crippen LogP) is 5.92. The summed E-state index contributed by atoms with van der Waals surface area (Å²) in [5.41, 5.74) is 3.06. The van der Waals surface area contributed by atoms with Crippen molar-refractivity contribution in [1.82, 2.24) is 5.32 Å². The summed E-state index contributed by atoms with van der Waals surface area (Å²) in [5, 5.41) is 7.87. The molecule has 3 aliphatic carbocycles. The van der Waals surface area contributed by atoms with E-state index in [2.05, 4.69) is 64.3 Å². The van der Waals surface area contributed by atoms with Crippen LogP contribution in [0.3, 0.4) is 0 Å². The lowest BCUT2D eigenvalue weighted by atomic mass is 9.55. The maximum Gasteiger partial charge on any atom is 0.325 e. The molecule has 0 aromatic heterocycles. The molecule has 5 atom stereocenters. The van der Waals surface area contributed by atoms with Gasteiger partial charge in [0.05, 0.1) is 4.90 Å². The fourth-order valence-corrected chi connectivity index (χ4v) is 9.00. The molecule has 2 fully saturated rings. The van der Waals surface area contributed by atoms with Crippen LogP contribution < -0.4 is 14.9 Å². The molecule has 0 bridgehead atoms. The quantitative estimate of drug-likeness (QED) is 0.291. The van der Waals surface area contributed by atoms with Gasteiger partial charge in [0, 0.05) is 11.0 Å². The van der Waals surface area contributed by atoms with E-state index in [1.165, 1.54) is 35.4 Å². The first-order valence-corrected chi connectivity index (χ1v) is 19.9. The summed E-state index contributed by atoms with van der Waals surface area (Å²) >= 11 is 0. The van der Waals surface area contributed by atoms with E-state index < -0.39 is 30.2 Å². The van der Waals surface area contributed by atoms with Crippen LogP contribution in [0.25, 0.3) is 0 Å². The molecule has 10 heteroatoms. The second kappa shape index (κ2) is 11.3. The fraction of sp³-hybridized carbons (Fsp3) is 0.576. The van der Waals surface area contributed by atoms with Gasteiger partial charge in [-0.25, -0.2) is 13.6 Å². The molecule has 0 spiro atoms. The molecule has 8 nitrogen and oxygen atoms in total. The number of primary sulfonamides is 1. The summed E-state index contributed by atoms with van der Waals surface area (Å²) < 4.78 is 35.5. The van der Waals surface area contributed by atoms with Crippen LogP contribution in [0, 0.1) is 17.3 Å². The van der Waals surface area contributed by atoms with Gasteiger partial charge in [0.25, 0.3) is 5.91 Å². The molecule has 3 aliphatic rings. The van der Waals surface area contributed by atoms with E-state index in [0.29, 0.717) is 17.8 Å². The Labute approximate surface area is 257 Å². The number of ether oxygens (including phenoxy) is 1. The lowest BCUT2D eigenvalue weighted by molar-refractivity contribution is -0.156. The molecule has 5 rings (SSSR count). The van der Waals surface area contributed by atoms with Gasteiger partial charge in [0.2, 0.25) is 18.3 Å². The van der Waals surface area contributed by atoms with Gasteiger partial charge in [0.1, 0.15) is 18.4 Å². The van der Waals surface area contributed by atoms with Crippen LogP contribution >= 0.6 is 0 Å². The summed E-state index contributed by atoms with van der Waals surface area (Å²) in [6, 6.07) is 12.1. The summed E-state index contributed by atoms with van der Waals surface area (Å²) in [6.45, 7) is 13.4. The number of esters is 1. The van der Waals surface area contributed by atoms with E-state index in [0.717, 1.165) is 44.3 Å². The number of fused-ring (bicyclic) bond motifs is 5. The number of carbonyl (C=O) groups excluding carboxylic acids is 2. The Morgan fingerprint density at radius 2 is 1.74 bits per heavy atom. The Morgan fingerprint density at radius 3 is 2.40 bits per heavy atom. The Kier molecular flexibility index (Phi) is 8.37. The van der Waals surface area contributed by atoms with Gasteiger partial charge >= 0.3 is 5.97 Å². The lowest BCUT2D eigenvalue weighted by Gasteiger charge is -2.50. The van der Waals surface area contributed by atoms with Crippen molar-refractivity contribution in [2.75, 3.05) is 6.54 Å². The van der Waals surface area contributed by atoms with E-state index in [-0.39, 0.29) is 33.6 Å². The van der Waals surface area contributed by atoms with Crippen molar-refractivity contribution in [3.05, 3.63) is 59.2 Å². The van der Waals surface area contributed by atoms with Gasteiger partial charge in [-0.2, -0.15) is 0 Å². The number of aryl methyl sites for hydroxylation is 1. The van der Waals surface area contributed by atoms with E-state index in [9.17, 15) is 18.0 Å². The second-order valence-corrected chi connectivity index (χ2v) is 20.8. The number of rotatable bonds is 7. The minimum Gasteiger partial charge on any atom is -0.543 e. The molecule has 0 aliphatic heterocycles. The summed E-state index contributed by atoms with van der Waals surface area (Å²) in [5.74, 6) is 1.66. The maximum atomic E-state index is 12.8. The molecule has 234 valence electrons. The zero-order valence-electron chi connectivity index (χ0n) is 26.2. The monoisotopic (exact) mass is 626 g/mol. The molecule has 2 aromatic carbocycles. The van der Waals surface area contributed by atoms with Crippen molar-refractivity contribution in [3.63, 3.8) is 0 Å². The van der Waals surface area contributed by atoms with Crippen LogP contribution in [-0.2, 0) is 26.0 Å². The first-order chi connectivity index (χ1) is 20.0. The molecule has 0 radical (unpaired) electrons. The number of sulfonamides is 1. The van der Waals surface area contributed by atoms with Crippen LogP contribution in [0.1, 0.15) is 87.2 Å². The van der Waals surface area contributed by atoms with Crippen molar-refractivity contribution >= 4 is 30.2 Å². The molecule has 43 heavy (non-hydrogen) atoms. The second-order valence-electron chi connectivity index (χ2n) is 14.5. The minimum absolute atomic E-state index is 0.0761. The van der Waals surface area contributed by atoms with Gasteiger partial charge in [-0.05, 0) is 122 Å². The van der Waals surface area contributed by atoms with Crippen molar-refractivity contribution in [1.29, 1.82) is 0 Å². The third-order valence-electron chi connectivity index (χ3n) is 10.9. The number of nitrogens with one attached hydrogen (secondary N) is 1. The molecule has 2 aromatic rings. The highest BCUT2D eigenvalue weighted by Crippen LogP contribution is 2.61. The SMILES string of the molecule is CC(C)(C)[Si](C)(C)Oc1ccc2c(c1)CCC1C2CC[C@@]2(C)C1CC[C@@H]2OC(=O)CNC(=O)c1ccc(S(N)(=O)=O)cc1. The van der Waals surface area contributed by atoms with Gasteiger partial charge < -0.3 is 14.5 Å². The van der Waals surface area contributed by atoms with Gasteiger partial charge in [-0.15, -0.1) is 0 Å². The van der Waals surface area contributed by atoms with Crippen molar-refractivity contribution in [2.24, 2.45) is 22.4 Å². The summed E-state index contributed by atoms with van der Waals surface area (Å²) in [7, 11) is -5.75. The first-order valence-electron chi connectivity index (χ1n) is 15.4. The third kappa shape index (κ3) is 6.28. The number of hydrogen-bond donors (Lipinski definition) is 2. The summed E-state index contributed by atoms with van der Waals surface area (Å²) in [6.07, 6.45) is 5.98. The Balaban J connectivity index is 1.19. The van der Waals surface area contributed by atoms with Crippen LogP contribution in [0.15, 0.2) is 47.4 Å². The molecule has 3 N–H and O–H groups in total. The topological polar surface area (TPSA) is 125 Å². The molecule has 3 unspecified atom stereocenters. The fourth-order valence-electron chi connectivity index (χ4n) is 7.47. The number of nitrogens with two attached hydrogens (primary N) is 1. The zero-order valence-corrected chi connectivity index (χ0v) is 28.1. The average molecular weight is 627 g/mol. The van der Waals surface area contributed by atoms with E-state index in [1.807, 2.05) is 0 Å². The van der Waals surface area contributed by atoms with Crippen molar-refractivity contribution < 1.29 is 27.2 Å². The highest BCUT2D eigenvalue weighted by atomic mass is 32.2. The van der Waals surface area contributed by atoms with Crippen LogP contribution in [0.5, 0.6) is 5.75 Å². The molecule has 2 saturated carbocycles. The highest BCUT2D eigenvalue weighted by Gasteiger charge is 2.56. The highest BCUT2D eigenvalue weighted by molar-refractivity contribution is 7.89. The van der Waals surface area contributed by atoms with Crippen LogP contribution in [0.2, 0.25) is 18.1 Å². The minimum atomic E-state index is -3.84. The largest absolute Gasteiger partial charge is 0.543 e. The predicted molar refractivity (Wildman–Crippen MR) is 169 cm³/mol. The Bertz CT molecular complexity index is 1500. The van der Waals surface area contributed by atoms with Gasteiger partial charge in [-0.3, -0.25) is 9.59 Å². The molecule has 1 amide bonds. The lowest BCUT2D eigenvalue weighted by Crippen LogP contribution is -2.46. The van der Waals surface area contributed by atoms with Gasteiger partial charge in [0.15, 0.2) is 0 Å². The molecule has 0 heterocycles. The molecular weight excluding hydrogens is 581 g/mol. The number of benzene rings is 2. The van der Waals surface area contributed by atoms with Crippen molar-refractivity contribution in [3.8, 4) is 5.75 Å².